The number of carbonyl (C=O) groups excluding carboxylic acids is 2. The van der Waals surface area contributed by atoms with Crippen LogP contribution in [0.4, 0.5) is 32.3 Å². The molecular formula is C22H24N6O12. The molecule has 0 saturated heterocycles. The topological polar surface area (TPSA) is 249 Å². The highest BCUT2D eigenvalue weighted by Crippen LogP contribution is 2.26. The van der Waals surface area contributed by atoms with Crippen LogP contribution in [0.15, 0.2) is 36.4 Å². The van der Waals surface area contributed by atoms with Crippen LogP contribution < -0.4 is 10.6 Å². The Morgan fingerprint density at radius 3 is 1.30 bits per heavy atom. The number of ether oxygens (including phenoxy) is 2. The lowest BCUT2D eigenvalue weighted by molar-refractivity contribution is -0.395. The zero-order valence-electron chi connectivity index (χ0n) is 20.8. The minimum Gasteiger partial charge on any atom is -0.444 e. The highest BCUT2D eigenvalue weighted by atomic mass is 16.6. The summed E-state index contributed by atoms with van der Waals surface area (Å²) in [6, 6.07) is 6.01. The molecule has 18 heteroatoms. The van der Waals surface area contributed by atoms with Crippen molar-refractivity contribution in [2.45, 2.75) is 38.9 Å². The fourth-order valence-electron chi connectivity index (χ4n) is 3.29. The van der Waals surface area contributed by atoms with Gasteiger partial charge in [0, 0.05) is 25.2 Å². The zero-order chi connectivity index (χ0) is 29.7. The number of carbonyl (C=O) groups is 2. The molecule has 0 heterocycles. The Morgan fingerprint density at radius 2 is 0.975 bits per heavy atom. The normalized spacial score (nSPS) is 10.3. The third-order valence-electron chi connectivity index (χ3n) is 5.31. The van der Waals surface area contributed by atoms with Crippen molar-refractivity contribution < 1.29 is 38.8 Å². The summed E-state index contributed by atoms with van der Waals surface area (Å²) in [4.78, 5) is 64.2. The maximum Gasteiger partial charge on any atom is 0.407 e. The second-order valence-corrected chi connectivity index (χ2v) is 8.07. The van der Waals surface area contributed by atoms with Crippen LogP contribution in [0.1, 0.15) is 36.8 Å². The molecule has 2 aromatic rings. The Labute approximate surface area is 224 Å². The van der Waals surface area contributed by atoms with Gasteiger partial charge >= 0.3 is 12.2 Å². The minimum atomic E-state index is -0.815. The average Bonchev–Trinajstić information content (AvgIpc) is 2.91. The van der Waals surface area contributed by atoms with Crippen molar-refractivity contribution >= 4 is 34.9 Å². The van der Waals surface area contributed by atoms with Gasteiger partial charge in [-0.1, -0.05) is 12.8 Å². The summed E-state index contributed by atoms with van der Waals surface area (Å²) in [5.74, 6) is 0. The van der Waals surface area contributed by atoms with E-state index in [0.717, 1.165) is 36.4 Å². The molecule has 214 valence electrons. The van der Waals surface area contributed by atoms with E-state index >= 15 is 0 Å². The molecule has 2 N–H and O–H groups in total. The van der Waals surface area contributed by atoms with Crippen LogP contribution in [0.5, 0.6) is 0 Å². The first-order valence-electron chi connectivity index (χ1n) is 11.6. The maximum absolute atomic E-state index is 11.8. The van der Waals surface area contributed by atoms with Gasteiger partial charge in [-0.2, -0.15) is 0 Å². The first-order valence-corrected chi connectivity index (χ1v) is 11.6. The Bertz CT molecular complexity index is 1190. The number of hydrogen-bond donors (Lipinski definition) is 2. The van der Waals surface area contributed by atoms with Crippen LogP contribution >= 0.6 is 0 Å². The third-order valence-corrected chi connectivity index (χ3v) is 5.31. The molecule has 0 radical (unpaired) electrons. The van der Waals surface area contributed by atoms with Crippen LogP contribution in [-0.4, -0.2) is 45.0 Å². The van der Waals surface area contributed by atoms with Gasteiger partial charge in [-0.3, -0.25) is 40.5 Å². The monoisotopic (exact) mass is 564 g/mol. The number of hydrogen-bond acceptors (Lipinski definition) is 12. The number of nitrogens with one attached hydrogen (secondary N) is 2. The molecule has 2 rings (SSSR count). The van der Waals surface area contributed by atoms with Crippen molar-refractivity contribution in [1.82, 2.24) is 10.6 Å². The largest absolute Gasteiger partial charge is 0.444 e. The summed E-state index contributed by atoms with van der Waals surface area (Å²) in [5, 5.41) is 48.7. The molecular weight excluding hydrogens is 540 g/mol. The van der Waals surface area contributed by atoms with E-state index in [-0.39, 0.29) is 24.2 Å². The minimum absolute atomic E-state index is 0.00254. The van der Waals surface area contributed by atoms with Crippen LogP contribution in [-0.2, 0) is 22.7 Å². The summed E-state index contributed by atoms with van der Waals surface area (Å²) < 4.78 is 9.86. The van der Waals surface area contributed by atoms with Gasteiger partial charge in [0.2, 0.25) is 0 Å². The van der Waals surface area contributed by atoms with Gasteiger partial charge in [-0.05, 0) is 25.0 Å². The number of nitro benzene ring substituents is 4. The molecule has 0 aliphatic heterocycles. The summed E-state index contributed by atoms with van der Waals surface area (Å²) in [7, 11) is 0. The van der Waals surface area contributed by atoms with E-state index in [2.05, 4.69) is 10.6 Å². The number of rotatable bonds is 15. The fourth-order valence-corrected chi connectivity index (χ4v) is 3.29. The van der Waals surface area contributed by atoms with Crippen molar-refractivity contribution in [2.24, 2.45) is 0 Å². The second-order valence-electron chi connectivity index (χ2n) is 8.07. The van der Waals surface area contributed by atoms with E-state index in [1.165, 1.54) is 0 Å². The van der Waals surface area contributed by atoms with E-state index in [9.17, 15) is 50.0 Å². The number of benzene rings is 2. The molecule has 2 aromatic carbocycles. The van der Waals surface area contributed by atoms with Gasteiger partial charge < -0.3 is 20.1 Å². The van der Waals surface area contributed by atoms with E-state index < -0.39 is 67.8 Å². The molecule has 18 nitrogen and oxygen atoms in total. The average molecular weight is 564 g/mol. The Hall–Kier alpha value is -5.42. The van der Waals surface area contributed by atoms with Gasteiger partial charge in [0.25, 0.3) is 22.7 Å². The maximum atomic E-state index is 11.8. The molecule has 0 spiro atoms. The molecule has 0 bridgehead atoms. The summed E-state index contributed by atoms with van der Waals surface area (Å²) >= 11 is 0. The lowest BCUT2D eigenvalue weighted by Crippen LogP contribution is -2.26. The molecule has 0 atom stereocenters. The van der Waals surface area contributed by atoms with Gasteiger partial charge in [0.05, 0.1) is 43.0 Å². The zero-order valence-corrected chi connectivity index (χ0v) is 20.8. The number of unbranched alkanes of at least 4 members (excludes halogenated alkanes) is 3. The first kappa shape index (κ1) is 30.8. The molecule has 40 heavy (non-hydrogen) atoms. The lowest BCUT2D eigenvalue weighted by Gasteiger charge is -2.08. The molecule has 0 aliphatic carbocycles. The van der Waals surface area contributed by atoms with Gasteiger partial charge in [-0.25, -0.2) is 9.59 Å². The Morgan fingerprint density at radius 1 is 0.600 bits per heavy atom. The second kappa shape index (κ2) is 15.1. The first-order chi connectivity index (χ1) is 19.0. The van der Waals surface area contributed by atoms with Gasteiger partial charge in [-0.15, -0.1) is 0 Å². The van der Waals surface area contributed by atoms with Gasteiger partial charge in [0.15, 0.2) is 0 Å². The Kier molecular flexibility index (Phi) is 11.6. The van der Waals surface area contributed by atoms with Crippen molar-refractivity contribution in [1.29, 1.82) is 0 Å². The molecule has 0 saturated carbocycles. The van der Waals surface area contributed by atoms with Gasteiger partial charge in [0.1, 0.15) is 13.2 Å². The third kappa shape index (κ3) is 9.80. The number of amides is 2. The van der Waals surface area contributed by atoms with Crippen molar-refractivity contribution in [3.05, 3.63) is 88.0 Å². The number of non-ortho nitro benzene ring substituents is 2. The molecule has 0 unspecified atom stereocenters. The summed E-state index contributed by atoms with van der Waals surface area (Å²) in [6.45, 7) is -0.381. The number of alkyl carbamates (subject to hydrolysis) is 2. The standard InChI is InChI=1S/C22H24N6O12/c29-21(39-13-15-5-7-17(25(31)32)11-19(15)27(35)36)23-9-3-1-2-4-10-24-22(30)40-14-16-6-8-18(26(33)34)12-20(16)28(37)38/h5-8,11-12H,1-4,9-10,13-14H2,(H,23,29)(H,24,30). The van der Waals surface area contributed by atoms with Crippen LogP contribution in [0.25, 0.3) is 0 Å². The lowest BCUT2D eigenvalue weighted by atomic mass is 10.1. The van der Waals surface area contributed by atoms with E-state index in [0.29, 0.717) is 25.7 Å². The van der Waals surface area contributed by atoms with Crippen LogP contribution in [0.2, 0.25) is 0 Å². The predicted octanol–water partition coefficient (Wildman–Crippen LogP) is 4.03. The Balaban J connectivity index is 1.60. The molecule has 0 aliphatic rings. The predicted molar refractivity (Wildman–Crippen MR) is 134 cm³/mol. The van der Waals surface area contributed by atoms with E-state index in [1.54, 1.807) is 0 Å². The van der Waals surface area contributed by atoms with Crippen molar-refractivity contribution in [3.63, 3.8) is 0 Å². The van der Waals surface area contributed by atoms with Crippen molar-refractivity contribution in [3.8, 4) is 0 Å². The highest BCUT2D eigenvalue weighted by Gasteiger charge is 2.21. The smallest absolute Gasteiger partial charge is 0.407 e. The fraction of sp³-hybridized carbons (Fsp3) is 0.364. The quantitative estimate of drug-likeness (QED) is 0.177. The molecule has 2 amide bonds. The van der Waals surface area contributed by atoms with Crippen LogP contribution in [0.3, 0.4) is 0 Å². The molecule has 0 aromatic heterocycles. The van der Waals surface area contributed by atoms with E-state index in [1.807, 2.05) is 0 Å². The molecule has 0 fully saturated rings. The highest BCUT2D eigenvalue weighted by molar-refractivity contribution is 5.67. The summed E-state index contributed by atoms with van der Waals surface area (Å²) in [5.41, 5.74) is -1.98. The van der Waals surface area contributed by atoms with E-state index in [4.69, 9.17) is 9.47 Å². The summed E-state index contributed by atoms with van der Waals surface area (Å²) in [6.07, 6.45) is 0.873. The van der Waals surface area contributed by atoms with Crippen molar-refractivity contribution in [2.75, 3.05) is 13.1 Å². The van der Waals surface area contributed by atoms with Crippen LogP contribution in [0, 0.1) is 40.5 Å². The SMILES string of the molecule is O=C(NCCCCCCNC(=O)OCc1ccc([N+](=O)[O-])cc1[N+](=O)[O-])OCc1ccc([N+](=O)[O-])cc1[N+](=O)[O-]. The number of nitro groups is 4. The number of nitrogens with zero attached hydrogens (tertiary/aromatic N) is 4.